The first kappa shape index (κ1) is 11.0. The number of carbonyl (C=O) groups excluding carboxylic acids is 1. The summed E-state index contributed by atoms with van der Waals surface area (Å²) in [4.78, 5) is 12.1. The van der Waals surface area contributed by atoms with E-state index in [0.29, 0.717) is 5.91 Å². The van der Waals surface area contributed by atoms with Crippen molar-refractivity contribution in [2.24, 2.45) is 5.41 Å². The lowest BCUT2D eigenvalue weighted by molar-refractivity contribution is -0.137. The van der Waals surface area contributed by atoms with E-state index in [9.17, 15) is 4.79 Å². The minimum absolute atomic E-state index is 0.0945. The summed E-state index contributed by atoms with van der Waals surface area (Å²) in [5, 5.41) is 3.33. The van der Waals surface area contributed by atoms with E-state index in [1.807, 2.05) is 0 Å². The standard InChI is InChI=1S/C13H23NO/c1-3-12(2)9-10-13(14-11(12)15)7-5-4-6-8-13/h3-10H2,1-2H3,(H,14,15). The Balaban J connectivity index is 2.07. The smallest absolute Gasteiger partial charge is 0.226 e. The van der Waals surface area contributed by atoms with Gasteiger partial charge in [0.25, 0.3) is 0 Å². The molecule has 1 amide bonds. The lowest BCUT2D eigenvalue weighted by atomic mass is 9.68. The first-order chi connectivity index (χ1) is 7.10. The summed E-state index contributed by atoms with van der Waals surface area (Å²) in [6, 6.07) is 0. The quantitative estimate of drug-likeness (QED) is 0.706. The van der Waals surface area contributed by atoms with Gasteiger partial charge >= 0.3 is 0 Å². The van der Waals surface area contributed by atoms with Crippen LogP contribution in [0.5, 0.6) is 0 Å². The number of rotatable bonds is 1. The molecular formula is C13H23NO. The second kappa shape index (κ2) is 3.80. The molecule has 86 valence electrons. The van der Waals surface area contributed by atoms with E-state index in [2.05, 4.69) is 19.2 Å². The van der Waals surface area contributed by atoms with Crippen LogP contribution < -0.4 is 5.32 Å². The molecule has 1 spiro atoms. The van der Waals surface area contributed by atoms with Gasteiger partial charge in [0.15, 0.2) is 0 Å². The van der Waals surface area contributed by atoms with Crippen LogP contribution in [0.3, 0.4) is 0 Å². The van der Waals surface area contributed by atoms with Crippen molar-refractivity contribution in [3.63, 3.8) is 0 Å². The largest absolute Gasteiger partial charge is 0.350 e. The average Bonchev–Trinajstić information content (AvgIpc) is 2.26. The molecule has 2 aliphatic rings. The third-order valence-electron chi connectivity index (χ3n) is 4.67. The number of nitrogens with one attached hydrogen (secondary N) is 1. The minimum Gasteiger partial charge on any atom is -0.350 e. The van der Waals surface area contributed by atoms with E-state index >= 15 is 0 Å². The highest BCUT2D eigenvalue weighted by Crippen LogP contribution is 2.41. The molecule has 1 saturated heterocycles. The Hall–Kier alpha value is -0.530. The normalized spacial score (nSPS) is 35.2. The Bertz CT molecular complexity index is 255. The van der Waals surface area contributed by atoms with E-state index < -0.39 is 0 Å². The Morgan fingerprint density at radius 2 is 1.80 bits per heavy atom. The molecule has 15 heavy (non-hydrogen) atoms. The minimum atomic E-state index is -0.0945. The van der Waals surface area contributed by atoms with Gasteiger partial charge in [-0.2, -0.15) is 0 Å². The van der Waals surface area contributed by atoms with Gasteiger partial charge in [-0.3, -0.25) is 4.79 Å². The van der Waals surface area contributed by atoms with E-state index in [1.54, 1.807) is 0 Å². The topological polar surface area (TPSA) is 29.1 Å². The van der Waals surface area contributed by atoms with Crippen molar-refractivity contribution in [3.05, 3.63) is 0 Å². The van der Waals surface area contributed by atoms with Crippen molar-refractivity contribution in [1.82, 2.24) is 5.32 Å². The maximum absolute atomic E-state index is 12.1. The lowest BCUT2D eigenvalue weighted by Crippen LogP contribution is -2.58. The number of hydrogen-bond donors (Lipinski definition) is 1. The molecule has 1 atom stereocenters. The molecular weight excluding hydrogens is 186 g/mol. The molecule has 1 heterocycles. The molecule has 2 nitrogen and oxygen atoms in total. The molecule has 0 aromatic heterocycles. The van der Waals surface area contributed by atoms with Crippen LogP contribution in [0.25, 0.3) is 0 Å². The molecule has 2 fully saturated rings. The SMILES string of the molecule is CCC1(C)CCC2(CCCCC2)NC1=O. The van der Waals surface area contributed by atoms with Crippen molar-refractivity contribution in [1.29, 1.82) is 0 Å². The lowest BCUT2D eigenvalue weighted by Gasteiger charge is -2.47. The van der Waals surface area contributed by atoms with Crippen molar-refractivity contribution >= 4 is 5.91 Å². The molecule has 0 aromatic carbocycles. The second-order valence-electron chi connectivity index (χ2n) is 5.71. The van der Waals surface area contributed by atoms with E-state index in [0.717, 1.165) is 12.8 Å². The van der Waals surface area contributed by atoms with E-state index in [1.165, 1.54) is 38.5 Å². The molecule has 1 aliphatic carbocycles. The Labute approximate surface area is 92.8 Å². The molecule has 1 N–H and O–H groups in total. The zero-order chi connectivity index (χ0) is 10.9. The third-order valence-corrected chi connectivity index (χ3v) is 4.67. The van der Waals surface area contributed by atoms with Crippen LogP contribution in [0.2, 0.25) is 0 Å². The van der Waals surface area contributed by atoms with E-state index in [-0.39, 0.29) is 11.0 Å². The molecule has 1 unspecified atom stereocenters. The summed E-state index contributed by atoms with van der Waals surface area (Å²) >= 11 is 0. The predicted molar refractivity (Wildman–Crippen MR) is 61.6 cm³/mol. The summed E-state index contributed by atoms with van der Waals surface area (Å²) in [5.74, 6) is 0.304. The van der Waals surface area contributed by atoms with Gasteiger partial charge in [0, 0.05) is 11.0 Å². The average molecular weight is 209 g/mol. The fourth-order valence-corrected chi connectivity index (χ4v) is 3.02. The summed E-state index contributed by atoms with van der Waals surface area (Å²) < 4.78 is 0. The van der Waals surface area contributed by atoms with Crippen molar-refractivity contribution in [3.8, 4) is 0 Å². The van der Waals surface area contributed by atoms with Gasteiger partial charge in [0.1, 0.15) is 0 Å². The summed E-state index contributed by atoms with van der Waals surface area (Å²) in [6.45, 7) is 4.23. The number of amides is 1. The second-order valence-corrected chi connectivity index (χ2v) is 5.71. The Morgan fingerprint density at radius 3 is 2.33 bits per heavy atom. The van der Waals surface area contributed by atoms with Crippen molar-refractivity contribution < 1.29 is 4.79 Å². The van der Waals surface area contributed by atoms with Gasteiger partial charge in [-0.1, -0.05) is 33.1 Å². The van der Waals surface area contributed by atoms with Crippen LogP contribution in [0.15, 0.2) is 0 Å². The Kier molecular flexibility index (Phi) is 2.78. The zero-order valence-electron chi connectivity index (χ0n) is 10.1. The van der Waals surface area contributed by atoms with Gasteiger partial charge in [-0.15, -0.1) is 0 Å². The zero-order valence-corrected chi connectivity index (χ0v) is 10.1. The fraction of sp³-hybridized carbons (Fsp3) is 0.923. The van der Waals surface area contributed by atoms with Gasteiger partial charge in [-0.05, 0) is 32.1 Å². The van der Waals surface area contributed by atoms with Crippen LogP contribution in [-0.2, 0) is 4.79 Å². The monoisotopic (exact) mass is 209 g/mol. The van der Waals surface area contributed by atoms with E-state index in [4.69, 9.17) is 0 Å². The highest BCUT2D eigenvalue weighted by Gasteiger charge is 2.44. The molecule has 2 heteroatoms. The van der Waals surface area contributed by atoms with Crippen molar-refractivity contribution in [2.45, 2.75) is 70.8 Å². The molecule has 0 aromatic rings. The molecule has 1 saturated carbocycles. The highest BCUT2D eigenvalue weighted by molar-refractivity contribution is 5.83. The summed E-state index contributed by atoms with van der Waals surface area (Å²) in [6.07, 6.45) is 9.60. The first-order valence-corrected chi connectivity index (χ1v) is 6.43. The molecule has 0 radical (unpaired) electrons. The summed E-state index contributed by atoms with van der Waals surface area (Å²) in [5.41, 5.74) is 0.0900. The molecule has 2 rings (SSSR count). The summed E-state index contributed by atoms with van der Waals surface area (Å²) in [7, 11) is 0. The maximum Gasteiger partial charge on any atom is 0.226 e. The molecule has 0 bridgehead atoms. The predicted octanol–water partition coefficient (Wildman–Crippen LogP) is 3.02. The maximum atomic E-state index is 12.1. The van der Waals surface area contributed by atoms with Crippen LogP contribution in [0.4, 0.5) is 0 Å². The Morgan fingerprint density at radius 1 is 1.13 bits per heavy atom. The van der Waals surface area contributed by atoms with Gasteiger partial charge in [0.2, 0.25) is 5.91 Å². The van der Waals surface area contributed by atoms with Gasteiger partial charge in [0.05, 0.1) is 0 Å². The number of piperidine rings is 1. The van der Waals surface area contributed by atoms with Crippen molar-refractivity contribution in [2.75, 3.05) is 0 Å². The fourth-order valence-electron chi connectivity index (χ4n) is 3.02. The number of hydrogen-bond acceptors (Lipinski definition) is 1. The van der Waals surface area contributed by atoms with Gasteiger partial charge in [-0.25, -0.2) is 0 Å². The first-order valence-electron chi connectivity index (χ1n) is 6.43. The molecule has 1 aliphatic heterocycles. The van der Waals surface area contributed by atoms with Crippen LogP contribution in [0.1, 0.15) is 65.2 Å². The highest BCUT2D eigenvalue weighted by atomic mass is 16.2. The van der Waals surface area contributed by atoms with Crippen LogP contribution in [0, 0.1) is 5.41 Å². The van der Waals surface area contributed by atoms with Gasteiger partial charge < -0.3 is 5.32 Å². The third kappa shape index (κ3) is 1.91. The van der Waals surface area contributed by atoms with Crippen LogP contribution >= 0.6 is 0 Å². The van der Waals surface area contributed by atoms with Crippen LogP contribution in [-0.4, -0.2) is 11.4 Å². The number of carbonyl (C=O) groups is 1.